The third kappa shape index (κ3) is 3.34. The average Bonchev–Trinajstić information content (AvgIpc) is 2.32. The zero-order valence-corrected chi connectivity index (χ0v) is 11.7. The Morgan fingerprint density at radius 3 is 2.47 bits per heavy atom. The fourth-order valence-corrected chi connectivity index (χ4v) is 1.78. The van der Waals surface area contributed by atoms with Gasteiger partial charge >= 0.3 is 0 Å². The Morgan fingerprint density at radius 2 is 1.82 bits per heavy atom. The van der Waals surface area contributed by atoms with E-state index >= 15 is 0 Å². The first kappa shape index (κ1) is 12.2. The maximum Gasteiger partial charge on any atom is 0.258 e. The van der Waals surface area contributed by atoms with Gasteiger partial charge < -0.3 is 0 Å². The number of carbonyl (C=O) groups excluding carboxylic acids is 1. The van der Waals surface area contributed by atoms with E-state index < -0.39 is 0 Å². The van der Waals surface area contributed by atoms with Crippen LogP contribution in [-0.4, -0.2) is 15.9 Å². The molecular weight excluding hydrogens is 350 g/mol. The number of aromatic nitrogens is 2. The number of hydrogen-bond donors (Lipinski definition) is 1. The highest BCUT2D eigenvalue weighted by atomic mass is 79.9. The first-order valence-corrected chi connectivity index (χ1v) is 6.28. The van der Waals surface area contributed by atoms with E-state index in [2.05, 4.69) is 47.1 Å². The molecular formula is C11H7Br2N3O. The highest BCUT2D eigenvalue weighted by Gasteiger charge is 2.07. The molecule has 0 fully saturated rings. The summed E-state index contributed by atoms with van der Waals surface area (Å²) in [5.41, 5.74) is 0.547. The molecule has 1 aromatic carbocycles. The van der Waals surface area contributed by atoms with Gasteiger partial charge in [0.2, 0.25) is 5.95 Å². The molecule has 1 N–H and O–H groups in total. The molecule has 1 amide bonds. The van der Waals surface area contributed by atoms with Crippen LogP contribution in [-0.2, 0) is 0 Å². The van der Waals surface area contributed by atoms with Crippen molar-refractivity contribution in [3.05, 3.63) is 51.2 Å². The molecule has 86 valence electrons. The normalized spacial score (nSPS) is 10.0. The third-order valence-corrected chi connectivity index (χ3v) is 2.84. The van der Waals surface area contributed by atoms with Gasteiger partial charge in [-0.25, -0.2) is 9.97 Å². The molecule has 2 rings (SSSR count). The fourth-order valence-electron chi connectivity index (χ4n) is 1.18. The first-order valence-electron chi connectivity index (χ1n) is 4.69. The van der Waals surface area contributed by atoms with Crippen molar-refractivity contribution in [2.45, 2.75) is 0 Å². The summed E-state index contributed by atoms with van der Waals surface area (Å²) in [5.74, 6) is 0.0341. The number of nitrogens with one attached hydrogen (secondary N) is 1. The molecule has 6 heteroatoms. The van der Waals surface area contributed by atoms with Crippen LogP contribution in [0.4, 0.5) is 5.95 Å². The maximum atomic E-state index is 11.8. The molecule has 2 aromatic rings. The molecule has 0 saturated carbocycles. The van der Waals surface area contributed by atoms with Gasteiger partial charge in [0, 0.05) is 22.4 Å². The summed E-state index contributed by atoms with van der Waals surface area (Å²) in [6.07, 6.45) is 3.15. The lowest BCUT2D eigenvalue weighted by molar-refractivity contribution is 0.102. The first-order chi connectivity index (χ1) is 8.15. The van der Waals surface area contributed by atoms with Crippen LogP contribution in [0, 0.1) is 0 Å². The second-order valence-electron chi connectivity index (χ2n) is 3.19. The van der Waals surface area contributed by atoms with Gasteiger partial charge in [-0.3, -0.25) is 10.1 Å². The van der Waals surface area contributed by atoms with Gasteiger partial charge in [0.05, 0.1) is 4.47 Å². The van der Waals surface area contributed by atoms with Crippen LogP contribution in [0.15, 0.2) is 45.6 Å². The topological polar surface area (TPSA) is 54.9 Å². The minimum atomic E-state index is -0.242. The Bertz CT molecular complexity index is 543. The number of hydrogen-bond acceptors (Lipinski definition) is 3. The Labute approximate surface area is 115 Å². The fraction of sp³-hybridized carbons (Fsp3) is 0. The van der Waals surface area contributed by atoms with E-state index in [0.29, 0.717) is 5.56 Å². The van der Waals surface area contributed by atoms with Crippen molar-refractivity contribution in [2.75, 3.05) is 5.32 Å². The van der Waals surface area contributed by atoms with Crippen LogP contribution in [0.25, 0.3) is 0 Å². The molecule has 1 heterocycles. The number of rotatable bonds is 2. The van der Waals surface area contributed by atoms with E-state index in [1.165, 1.54) is 0 Å². The van der Waals surface area contributed by atoms with Crippen LogP contribution < -0.4 is 5.32 Å². The summed E-state index contributed by atoms with van der Waals surface area (Å²) in [5, 5.41) is 2.61. The van der Waals surface area contributed by atoms with Crippen molar-refractivity contribution in [1.29, 1.82) is 0 Å². The molecule has 0 spiro atoms. The number of anilines is 1. The molecule has 0 aliphatic carbocycles. The van der Waals surface area contributed by atoms with E-state index in [9.17, 15) is 4.79 Å². The lowest BCUT2D eigenvalue weighted by atomic mass is 10.2. The predicted octanol–water partition coefficient (Wildman–Crippen LogP) is 3.25. The summed E-state index contributed by atoms with van der Waals surface area (Å²) in [4.78, 5) is 19.8. The standard InChI is InChI=1S/C11H7Br2N3O/c12-8-3-1-2-7(4-8)10(17)16-11-14-5-9(13)6-15-11/h1-6H,(H,14,15,16,17). The van der Waals surface area contributed by atoms with E-state index in [-0.39, 0.29) is 11.9 Å². The molecule has 0 bridgehead atoms. The van der Waals surface area contributed by atoms with Crippen molar-refractivity contribution in [2.24, 2.45) is 0 Å². The average molecular weight is 357 g/mol. The molecule has 0 aliphatic rings. The summed E-state index contributed by atoms with van der Waals surface area (Å²) in [6, 6.07) is 7.10. The van der Waals surface area contributed by atoms with Gasteiger partial charge in [-0.1, -0.05) is 22.0 Å². The lowest BCUT2D eigenvalue weighted by Gasteiger charge is -2.03. The molecule has 4 nitrogen and oxygen atoms in total. The van der Waals surface area contributed by atoms with Crippen molar-refractivity contribution in [1.82, 2.24) is 9.97 Å². The van der Waals surface area contributed by atoms with Crippen molar-refractivity contribution in [3.63, 3.8) is 0 Å². The number of nitrogens with zero attached hydrogens (tertiary/aromatic N) is 2. The summed E-state index contributed by atoms with van der Waals surface area (Å²) in [7, 11) is 0. The minimum Gasteiger partial charge on any atom is -0.290 e. The molecule has 17 heavy (non-hydrogen) atoms. The monoisotopic (exact) mass is 355 g/mol. The Hall–Kier alpha value is -1.27. The minimum absolute atomic E-state index is 0.242. The SMILES string of the molecule is O=C(Nc1ncc(Br)cn1)c1cccc(Br)c1. The number of amides is 1. The number of carbonyl (C=O) groups is 1. The Morgan fingerprint density at radius 1 is 1.12 bits per heavy atom. The summed E-state index contributed by atoms with van der Waals surface area (Å²) < 4.78 is 1.61. The van der Waals surface area contributed by atoms with Crippen LogP contribution in [0.5, 0.6) is 0 Å². The smallest absolute Gasteiger partial charge is 0.258 e. The van der Waals surface area contributed by atoms with Gasteiger partial charge in [0.25, 0.3) is 5.91 Å². The predicted molar refractivity (Wildman–Crippen MR) is 71.8 cm³/mol. The number of benzene rings is 1. The second-order valence-corrected chi connectivity index (χ2v) is 5.02. The van der Waals surface area contributed by atoms with E-state index in [0.717, 1.165) is 8.95 Å². The number of halogens is 2. The molecule has 0 unspecified atom stereocenters. The van der Waals surface area contributed by atoms with Crippen molar-refractivity contribution >= 4 is 43.7 Å². The highest BCUT2D eigenvalue weighted by molar-refractivity contribution is 9.10. The Kier molecular flexibility index (Phi) is 3.86. The highest BCUT2D eigenvalue weighted by Crippen LogP contribution is 2.13. The zero-order valence-electron chi connectivity index (χ0n) is 8.52. The lowest BCUT2D eigenvalue weighted by Crippen LogP contribution is -2.13. The van der Waals surface area contributed by atoms with E-state index in [1.54, 1.807) is 30.6 Å². The van der Waals surface area contributed by atoms with Crippen LogP contribution >= 0.6 is 31.9 Å². The van der Waals surface area contributed by atoms with Gasteiger partial charge in [-0.2, -0.15) is 0 Å². The van der Waals surface area contributed by atoms with Crippen LogP contribution in [0.3, 0.4) is 0 Å². The summed E-state index contributed by atoms with van der Waals surface area (Å²) in [6.45, 7) is 0. The van der Waals surface area contributed by atoms with Gasteiger partial charge in [-0.05, 0) is 34.1 Å². The maximum absolute atomic E-state index is 11.8. The zero-order chi connectivity index (χ0) is 12.3. The van der Waals surface area contributed by atoms with E-state index in [4.69, 9.17) is 0 Å². The van der Waals surface area contributed by atoms with Crippen LogP contribution in [0.2, 0.25) is 0 Å². The largest absolute Gasteiger partial charge is 0.290 e. The van der Waals surface area contributed by atoms with Gasteiger partial charge in [0.1, 0.15) is 0 Å². The Balaban J connectivity index is 2.14. The molecule has 0 atom stereocenters. The summed E-state index contributed by atoms with van der Waals surface area (Å²) >= 11 is 6.53. The molecule has 0 radical (unpaired) electrons. The van der Waals surface area contributed by atoms with Crippen LogP contribution in [0.1, 0.15) is 10.4 Å². The second kappa shape index (κ2) is 5.37. The van der Waals surface area contributed by atoms with Gasteiger partial charge in [-0.15, -0.1) is 0 Å². The van der Waals surface area contributed by atoms with Crippen molar-refractivity contribution < 1.29 is 4.79 Å². The quantitative estimate of drug-likeness (QED) is 0.898. The molecule has 0 aliphatic heterocycles. The molecule has 1 aromatic heterocycles. The molecule has 0 saturated heterocycles. The van der Waals surface area contributed by atoms with Crippen molar-refractivity contribution in [3.8, 4) is 0 Å². The van der Waals surface area contributed by atoms with E-state index in [1.807, 2.05) is 6.07 Å². The van der Waals surface area contributed by atoms with Gasteiger partial charge in [0.15, 0.2) is 0 Å². The third-order valence-electron chi connectivity index (χ3n) is 1.93.